The minimum atomic E-state index is 0.375. The highest BCUT2D eigenvalue weighted by atomic mass is 79.9. The highest BCUT2D eigenvalue weighted by Gasteiger charge is 2.27. The summed E-state index contributed by atoms with van der Waals surface area (Å²) in [5.74, 6) is 0.905. The van der Waals surface area contributed by atoms with Gasteiger partial charge < -0.3 is 4.74 Å². The Morgan fingerprint density at radius 2 is 2.06 bits per heavy atom. The number of likely N-dealkylation sites (tertiary alicyclic amines) is 1. The first-order valence-corrected chi connectivity index (χ1v) is 7.65. The van der Waals surface area contributed by atoms with Crippen molar-refractivity contribution in [2.24, 2.45) is 0 Å². The van der Waals surface area contributed by atoms with Crippen molar-refractivity contribution in [1.82, 2.24) is 14.7 Å². The van der Waals surface area contributed by atoms with Gasteiger partial charge in [0.15, 0.2) is 5.75 Å². The summed E-state index contributed by atoms with van der Waals surface area (Å²) in [6.45, 7) is 1.15. The molecule has 0 bridgehead atoms. The van der Waals surface area contributed by atoms with Crippen LogP contribution in [0.3, 0.4) is 0 Å². The van der Waals surface area contributed by atoms with Crippen molar-refractivity contribution in [3.63, 3.8) is 0 Å². The number of ether oxygens (including phenoxy) is 1. The zero-order valence-electron chi connectivity index (χ0n) is 10.8. The lowest BCUT2D eigenvalue weighted by Crippen LogP contribution is -2.24. The van der Waals surface area contributed by atoms with Crippen molar-refractivity contribution in [3.8, 4) is 5.75 Å². The Bertz CT molecular complexity index is 414. The van der Waals surface area contributed by atoms with E-state index in [1.807, 2.05) is 6.20 Å². The number of nitrogens with zero attached hydrogens (tertiary/aromatic N) is 3. The largest absolute Gasteiger partial charge is 0.486 e. The van der Waals surface area contributed by atoms with E-state index in [2.05, 4.69) is 37.7 Å². The number of aromatic nitrogens is 2. The van der Waals surface area contributed by atoms with E-state index in [0.717, 1.165) is 16.9 Å². The maximum absolute atomic E-state index is 6.03. The Morgan fingerprint density at radius 3 is 2.72 bits per heavy atom. The van der Waals surface area contributed by atoms with E-state index in [0.29, 0.717) is 12.3 Å². The van der Waals surface area contributed by atoms with Gasteiger partial charge in [0.25, 0.3) is 0 Å². The molecule has 1 aliphatic carbocycles. The van der Waals surface area contributed by atoms with Crippen LogP contribution in [0.5, 0.6) is 5.75 Å². The predicted octanol–water partition coefficient (Wildman–Crippen LogP) is 3.19. The van der Waals surface area contributed by atoms with Crippen molar-refractivity contribution in [2.75, 3.05) is 13.6 Å². The molecule has 1 saturated carbocycles. The van der Waals surface area contributed by atoms with Gasteiger partial charge in [0, 0.05) is 0 Å². The fourth-order valence-corrected chi connectivity index (χ4v) is 3.53. The maximum Gasteiger partial charge on any atom is 0.172 e. The molecular formula is C13H20BrN3O. The van der Waals surface area contributed by atoms with Gasteiger partial charge in [-0.05, 0) is 68.0 Å². The maximum atomic E-state index is 6.03. The number of halogens is 1. The molecule has 5 heteroatoms. The average Bonchev–Trinajstić information content (AvgIpc) is 3.05. The second-order valence-corrected chi connectivity index (χ2v) is 6.12. The van der Waals surface area contributed by atoms with Gasteiger partial charge in [0.1, 0.15) is 10.8 Å². The Balaban J connectivity index is 1.74. The minimum Gasteiger partial charge on any atom is -0.486 e. The van der Waals surface area contributed by atoms with Crippen molar-refractivity contribution in [1.29, 1.82) is 0 Å². The van der Waals surface area contributed by atoms with Gasteiger partial charge in [-0.15, -0.1) is 0 Å². The van der Waals surface area contributed by atoms with Crippen LogP contribution in [0.1, 0.15) is 44.7 Å². The fourth-order valence-electron chi connectivity index (χ4n) is 3.01. The van der Waals surface area contributed by atoms with Crippen LogP contribution < -0.4 is 4.74 Å². The second kappa shape index (κ2) is 5.21. The SMILES string of the molecule is CN1CCCC1n1ncc(OC2CCCC2)c1Br. The molecule has 0 radical (unpaired) electrons. The summed E-state index contributed by atoms with van der Waals surface area (Å²) in [4.78, 5) is 2.34. The Kier molecular flexibility index (Phi) is 3.61. The topological polar surface area (TPSA) is 30.3 Å². The van der Waals surface area contributed by atoms with E-state index >= 15 is 0 Å². The molecule has 1 aromatic heterocycles. The molecule has 4 nitrogen and oxygen atoms in total. The van der Waals surface area contributed by atoms with E-state index in [9.17, 15) is 0 Å². The van der Waals surface area contributed by atoms with E-state index in [1.165, 1.54) is 38.5 Å². The van der Waals surface area contributed by atoms with E-state index in [4.69, 9.17) is 4.74 Å². The molecule has 0 amide bonds. The summed E-state index contributed by atoms with van der Waals surface area (Å²) < 4.78 is 9.08. The highest BCUT2D eigenvalue weighted by Crippen LogP contribution is 2.34. The lowest BCUT2D eigenvalue weighted by Gasteiger charge is -2.20. The van der Waals surface area contributed by atoms with Crippen molar-refractivity contribution in [3.05, 3.63) is 10.8 Å². The van der Waals surface area contributed by atoms with Crippen molar-refractivity contribution >= 4 is 15.9 Å². The number of rotatable bonds is 3. The van der Waals surface area contributed by atoms with Crippen LogP contribution in [-0.4, -0.2) is 34.4 Å². The van der Waals surface area contributed by atoms with E-state index in [-0.39, 0.29) is 0 Å². The molecule has 0 N–H and O–H groups in total. The summed E-state index contributed by atoms with van der Waals surface area (Å²) in [6, 6.07) is 0. The highest BCUT2D eigenvalue weighted by molar-refractivity contribution is 9.10. The van der Waals surface area contributed by atoms with Gasteiger partial charge in [0.2, 0.25) is 0 Å². The van der Waals surface area contributed by atoms with Crippen LogP contribution in [0.15, 0.2) is 10.8 Å². The number of hydrogen-bond acceptors (Lipinski definition) is 3. The van der Waals surface area contributed by atoms with E-state index < -0.39 is 0 Å². The summed E-state index contributed by atoms with van der Waals surface area (Å²) >= 11 is 3.64. The van der Waals surface area contributed by atoms with Gasteiger partial charge in [-0.3, -0.25) is 4.90 Å². The van der Waals surface area contributed by atoms with E-state index in [1.54, 1.807) is 0 Å². The molecule has 1 saturated heterocycles. The van der Waals surface area contributed by atoms with Gasteiger partial charge in [-0.2, -0.15) is 5.10 Å². The lowest BCUT2D eigenvalue weighted by molar-refractivity contribution is 0.200. The first-order valence-electron chi connectivity index (χ1n) is 6.85. The van der Waals surface area contributed by atoms with Crippen LogP contribution in [0.2, 0.25) is 0 Å². The fraction of sp³-hybridized carbons (Fsp3) is 0.769. The third-order valence-electron chi connectivity index (χ3n) is 4.06. The molecule has 0 spiro atoms. The molecule has 1 aliphatic heterocycles. The van der Waals surface area contributed by atoms with Gasteiger partial charge in [-0.1, -0.05) is 0 Å². The predicted molar refractivity (Wildman–Crippen MR) is 73.7 cm³/mol. The van der Waals surface area contributed by atoms with Crippen molar-refractivity contribution in [2.45, 2.75) is 50.8 Å². The molecule has 3 rings (SSSR count). The summed E-state index contributed by atoms with van der Waals surface area (Å²) in [6.07, 6.45) is 9.98. The Labute approximate surface area is 116 Å². The molecule has 1 atom stereocenters. The lowest BCUT2D eigenvalue weighted by atomic mass is 10.3. The normalized spacial score (nSPS) is 26.0. The Hall–Kier alpha value is -0.550. The minimum absolute atomic E-state index is 0.375. The monoisotopic (exact) mass is 313 g/mol. The van der Waals surface area contributed by atoms with Crippen LogP contribution in [0.4, 0.5) is 0 Å². The summed E-state index contributed by atoms with van der Waals surface area (Å²) in [7, 11) is 2.16. The molecule has 18 heavy (non-hydrogen) atoms. The molecule has 1 unspecified atom stereocenters. The zero-order valence-corrected chi connectivity index (χ0v) is 12.4. The molecule has 1 aromatic rings. The standard InChI is InChI=1S/C13H20BrN3O/c1-16-8-4-7-12(16)17-13(14)11(9-15-17)18-10-5-2-3-6-10/h9-10,12H,2-8H2,1H3. The van der Waals surface area contributed by atoms with Crippen LogP contribution in [0, 0.1) is 0 Å². The van der Waals surface area contributed by atoms with Gasteiger partial charge >= 0.3 is 0 Å². The molecular weight excluding hydrogens is 294 g/mol. The van der Waals surface area contributed by atoms with Gasteiger partial charge in [0.05, 0.1) is 12.3 Å². The van der Waals surface area contributed by atoms with Crippen LogP contribution >= 0.6 is 15.9 Å². The molecule has 0 aromatic carbocycles. The average molecular weight is 314 g/mol. The van der Waals surface area contributed by atoms with Crippen LogP contribution in [-0.2, 0) is 0 Å². The van der Waals surface area contributed by atoms with Gasteiger partial charge in [-0.25, -0.2) is 4.68 Å². The molecule has 100 valence electrons. The number of hydrogen-bond donors (Lipinski definition) is 0. The zero-order chi connectivity index (χ0) is 12.5. The summed E-state index contributed by atoms with van der Waals surface area (Å²) in [5.41, 5.74) is 0. The first-order chi connectivity index (χ1) is 8.75. The molecule has 2 fully saturated rings. The molecule has 2 aliphatic rings. The third-order valence-corrected chi connectivity index (χ3v) is 4.82. The third kappa shape index (κ3) is 2.30. The van der Waals surface area contributed by atoms with Crippen molar-refractivity contribution < 1.29 is 4.74 Å². The first kappa shape index (κ1) is 12.5. The van der Waals surface area contributed by atoms with Crippen LogP contribution in [0.25, 0.3) is 0 Å². The molecule has 2 heterocycles. The summed E-state index contributed by atoms with van der Waals surface area (Å²) in [5, 5.41) is 4.49. The Morgan fingerprint density at radius 1 is 1.28 bits per heavy atom. The second-order valence-electron chi connectivity index (χ2n) is 5.37. The quantitative estimate of drug-likeness (QED) is 0.858. The smallest absolute Gasteiger partial charge is 0.172 e.